The van der Waals surface area contributed by atoms with Crippen molar-refractivity contribution in [2.75, 3.05) is 13.6 Å². The summed E-state index contributed by atoms with van der Waals surface area (Å²) in [6.45, 7) is 2.82. The number of amides is 2. The van der Waals surface area contributed by atoms with Crippen LogP contribution in [0.4, 0.5) is 4.79 Å². The summed E-state index contributed by atoms with van der Waals surface area (Å²) in [6.07, 6.45) is 1.23. The highest BCUT2D eigenvalue weighted by atomic mass is 16.4. The molecule has 0 aliphatic rings. The van der Waals surface area contributed by atoms with E-state index in [1.165, 1.54) is 0 Å². The van der Waals surface area contributed by atoms with E-state index in [1.807, 2.05) is 31.2 Å². The Hall–Kier alpha value is -2.50. The molecule has 0 fully saturated rings. The third kappa shape index (κ3) is 4.25. The Balaban J connectivity index is 2.00. The van der Waals surface area contributed by atoms with Gasteiger partial charge in [-0.05, 0) is 12.5 Å². The lowest BCUT2D eigenvalue weighted by molar-refractivity contribution is -0.137. The monoisotopic (exact) mass is 318 g/mol. The topological polar surface area (TPSA) is 82.8 Å². The van der Waals surface area contributed by atoms with Gasteiger partial charge in [0, 0.05) is 37.4 Å². The number of furan rings is 1. The van der Waals surface area contributed by atoms with Crippen molar-refractivity contribution in [3.63, 3.8) is 0 Å². The number of nitrogens with one attached hydrogen (secondary N) is 1. The summed E-state index contributed by atoms with van der Waals surface area (Å²) in [6, 6.07) is 7.57. The molecule has 0 spiro atoms. The van der Waals surface area contributed by atoms with E-state index < -0.39 is 5.97 Å². The number of para-hydroxylation sites is 1. The summed E-state index contributed by atoms with van der Waals surface area (Å²) < 4.78 is 5.83. The molecule has 0 aliphatic carbocycles. The van der Waals surface area contributed by atoms with E-state index in [9.17, 15) is 9.59 Å². The first-order chi connectivity index (χ1) is 11.0. The van der Waals surface area contributed by atoms with Crippen molar-refractivity contribution in [1.82, 2.24) is 10.2 Å². The first kappa shape index (κ1) is 16.9. The van der Waals surface area contributed by atoms with Crippen LogP contribution in [0.2, 0.25) is 0 Å². The lowest BCUT2D eigenvalue weighted by atomic mass is 10.1. The van der Waals surface area contributed by atoms with Crippen LogP contribution < -0.4 is 5.32 Å². The third-order valence-corrected chi connectivity index (χ3v) is 3.69. The molecule has 0 saturated heterocycles. The smallest absolute Gasteiger partial charge is 0.317 e. The summed E-state index contributed by atoms with van der Waals surface area (Å²) in [7, 11) is 1.72. The zero-order valence-electron chi connectivity index (χ0n) is 13.5. The summed E-state index contributed by atoms with van der Waals surface area (Å²) in [5.41, 5.74) is 1.85. The molecule has 1 aromatic heterocycles. The number of benzene rings is 1. The summed E-state index contributed by atoms with van der Waals surface area (Å²) in [5.74, 6) is 0.0294. The van der Waals surface area contributed by atoms with Crippen LogP contribution in [0.15, 0.2) is 28.7 Å². The maximum Gasteiger partial charge on any atom is 0.317 e. The molecule has 0 atom stereocenters. The number of carboxylic acid groups (broad SMARTS) is 1. The zero-order chi connectivity index (χ0) is 16.8. The maximum absolute atomic E-state index is 12.1. The van der Waals surface area contributed by atoms with E-state index in [1.54, 1.807) is 11.9 Å². The molecule has 2 N–H and O–H groups in total. The number of aryl methyl sites for hydroxylation is 1. The van der Waals surface area contributed by atoms with Crippen molar-refractivity contribution in [1.29, 1.82) is 0 Å². The molecular weight excluding hydrogens is 296 g/mol. The van der Waals surface area contributed by atoms with Crippen molar-refractivity contribution < 1.29 is 19.1 Å². The number of rotatable bonds is 7. The van der Waals surface area contributed by atoms with Crippen LogP contribution >= 0.6 is 0 Å². The van der Waals surface area contributed by atoms with E-state index in [2.05, 4.69) is 5.32 Å². The predicted molar refractivity (Wildman–Crippen MR) is 87.3 cm³/mol. The second-order valence-corrected chi connectivity index (χ2v) is 5.44. The molecule has 0 radical (unpaired) electrons. The van der Waals surface area contributed by atoms with Gasteiger partial charge in [-0.1, -0.05) is 25.1 Å². The molecule has 2 amide bonds. The van der Waals surface area contributed by atoms with Crippen molar-refractivity contribution in [3.05, 3.63) is 35.6 Å². The molecule has 6 nitrogen and oxygen atoms in total. The molecule has 0 saturated carbocycles. The largest absolute Gasteiger partial charge is 0.481 e. The van der Waals surface area contributed by atoms with E-state index in [4.69, 9.17) is 9.52 Å². The van der Waals surface area contributed by atoms with E-state index >= 15 is 0 Å². The highest BCUT2D eigenvalue weighted by Crippen LogP contribution is 2.27. The Kier molecular flexibility index (Phi) is 5.62. The van der Waals surface area contributed by atoms with Gasteiger partial charge in [0.15, 0.2) is 0 Å². The lowest BCUT2D eigenvalue weighted by Crippen LogP contribution is -2.37. The van der Waals surface area contributed by atoms with Crippen LogP contribution in [0.3, 0.4) is 0 Å². The molecule has 0 aliphatic heterocycles. The fourth-order valence-corrected chi connectivity index (χ4v) is 2.49. The number of fused-ring (bicyclic) bond motifs is 1. The standard InChI is InChI=1S/C17H22N2O4/c1-3-14-13(12-7-4-5-8-15(12)23-14)11-19(2)17(22)18-10-6-9-16(20)21/h4-5,7-8H,3,6,9-11H2,1-2H3,(H,18,22)(H,20,21). The minimum Gasteiger partial charge on any atom is -0.481 e. The number of carbonyl (C=O) groups is 2. The van der Waals surface area contributed by atoms with Gasteiger partial charge < -0.3 is 19.7 Å². The predicted octanol–water partition coefficient (Wildman–Crippen LogP) is 3.00. The van der Waals surface area contributed by atoms with Gasteiger partial charge in [-0.25, -0.2) is 4.79 Å². The van der Waals surface area contributed by atoms with Crippen molar-refractivity contribution in [2.45, 2.75) is 32.7 Å². The maximum atomic E-state index is 12.1. The van der Waals surface area contributed by atoms with Gasteiger partial charge in [-0.3, -0.25) is 4.79 Å². The van der Waals surface area contributed by atoms with Gasteiger partial charge in [-0.15, -0.1) is 0 Å². The fourth-order valence-electron chi connectivity index (χ4n) is 2.49. The number of hydrogen-bond donors (Lipinski definition) is 2. The molecule has 23 heavy (non-hydrogen) atoms. The quantitative estimate of drug-likeness (QED) is 0.769. The van der Waals surface area contributed by atoms with Crippen LogP contribution in [-0.4, -0.2) is 35.6 Å². The van der Waals surface area contributed by atoms with Crippen molar-refractivity contribution in [3.8, 4) is 0 Å². The first-order valence-corrected chi connectivity index (χ1v) is 7.73. The number of aliphatic carboxylic acids is 1. The van der Waals surface area contributed by atoms with Crippen LogP contribution in [0, 0.1) is 0 Å². The third-order valence-electron chi connectivity index (χ3n) is 3.69. The number of hydrogen-bond acceptors (Lipinski definition) is 3. The number of carboxylic acids is 1. The van der Waals surface area contributed by atoms with Gasteiger partial charge in [-0.2, -0.15) is 0 Å². The van der Waals surface area contributed by atoms with Crippen LogP contribution in [0.25, 0.3) is 11.0 Å². The molecule has 124 valence electrons. The Bertz CT molecular complexity index is 693. The van der Waals surface area contributed by atoms with Crippen LogP contribution in [0.5, 0.6) is 0 Å². The molecule has 6 heteroatoms. The average Bonchev–Trinajstić information content (AvgIpc) is 2.89. The molecule has 0 bridgehead atoms. The van der Waals surface area contributed by atoms with E-state index in [-0.39, 0.29) is 12.5 Å². The van der Waals surface area contributed by atoms with Crippen LogP contribution in [-0.2, 0) is 17.8 Å². The highest BCUT2D eigenvalue weighted by Gasteiger charge is 2.16. The summed E-state index contributed by atoms with van der Waals surface area (Å²) in [5, 5.41) is 12.3. The Morgan fingerprint density at radius 1 is 1.30 bits per heavy atom. The number of nitrogens with zero attached hydrogens (tertiary/aromatic N) is 1. The second kappa shape index (κ2) is 7.67. The summed E-state index contributed by atoms with van der Waals surface area (Å²) in [4.78, 5) is 24.1. The number of urea groups is 1. The Morgan fingerprint density at radius 3 is 2.74 bits per heavy atom. The SMILES string of the molecule is CCc1oc2ccccc2c1CN(C)C(=O)NCCCC(=O)O. The molecule has 2 aromatic rings. The minimum atomic E-state index is -0.856. The first-order valence-electron chi connectivity index (χ1n) is 7.73. The van der Waals surface area contributed by atoms with E-state index in [0.717, 1.165) is 28.7 Å². The second-order valence-electron chi connectivity index (χ2n) is 5.44. The van der Waals surface area contributed by atoms with Crippen molar-refractivity contribution in [2.24, 2.45) is 0 Å². The molecule has 1 aromatic carbocycles. The van der Waals surface area contributed by atoms with Crippen molar-refractivity contribution >= 4 is 23.0 Å². The van der Waals surface area contributed by atoms with Gasteiger partial charge >= 0.3 is 12.0 Å². The average molecular weight is 318 g/mol. The molecule has 2 rings (SSSR count). The fraction of sp³-hybridized carbons (Fsp3) is 0.412. The zero-order valence-corrected chi connectivity index (χ0v) is 13.5. The van der Waals surface area contributed by atoms with E-state index in [0.29, 0.717) is 19.5 Å². The highest BCUT2D eigenvalue weighted by molar-refractivity contribution is 5.83. The Morgan fingerprint density at radius 2 is 2.04 bits per heavy atom. The number of carbonyl (C=O) groups excluding carboxylic acids is 1. The van der Waals surface area contributed by atoms with Gasteiger partial charge in [0.25, 0.3) is 0 Å². The molecule has 0 unspecified atom stereocenters. The lowest BCUT2D eigenvalue weighted by Gasteiger charge is -2.18. The Labute approximate surface area is 135 Å². The molecule has 1 heterocycles. The molecular formula is C17H22N2O4. The van der Waals surface area contributed by atoms with Gasteiger partial charge in [0.05, 0.1) is 6.54 Å². The van der Waals surface area contributed by atoms with Gasteiger partial charge in [0.2, 0.25) is 0 Å². The summed E-state index contributed by atoms with van der Waals surface area (Å²) >= 11 is 0. The van der Waals surface area contributed by atoms with Gasteiger partial charge in [0.1, 0.15) is 11.3 Å². The minimum absolute atomic E-state index is 0.0519. The van der Waals surface area contributed by atoms with Crippen LogP contribution in [0.1, 0.15) is 31.1 Å². The normalized spacial score (nSPS) is 10.7.